The predicted octanol–water partition coefficient (Wildman–Crippen LogP) is 6.15. The van der Waals surface area contributed by atoms with Gasteiger partial charge >= 0.3 is 10.5 Å². The molecule has 10 nitrogen and oxygen atoms in total. The first-order chi connectivity index (χ1) is 19.9. The third kappa shape index (κ3) is 6.83. The van der Waals surface area contributed by atoms with Gasteiger partial charge in [-0.05, 0) is 48.3 Å². The average Bonchev–Trinajstić information content (AvgIpc) is 3.68. The van der Waals surface area contributed by atoms with E-state index >= 15 is 0 Å². The molecule has 2 atom stereocenters. The van der Waals surface area contributed by atoms with Crippen LogP contribution in [0.4, 0.5) is 17.6 Å². The van der Waals surface area contributed by atoms with Crippen molar-refractivity contribution in [2.75, 3.05) is 25.9 Å². The second kappa shape index (κ2) is 12.4. The number of alkyl halides is 4. The molecule has 1 saturated heterocycles. The summed E-state index contributed by atoms with van der Waals surface area (Å²) in [5.74, 6) is -0.588. The number of carbonyl (C=O) groups is 1. The summed E-state index contributed by atoms with van der Waals surface area (Å²) in [5.41, 5.74) is -0.106. The summed E-state index contributed by atoms with van der Waals surface area (Å²) in [5, 5.41) is 10.6. The van der Waals surface area contributed by atoms with Gasteiger partial charge in [0.2, 0.25) is 0 Å². The Morgan fingerprint density at radius 2 is 2.00 bits per heavy atom. The van der Waals surface area contributed by atoms with E-state index in [2.05, 4.69) is 10.3 Å². The van der Waals surface area contributed by atoms with Crippen molar-refractivity contribution in [2.45, 2.75) is 44.1 Å². The van der Waals surface area contributed by atoms with Gasteiger partial charge in [-0.15, -0.1) is 11.3 Å². The Kier molecular flexibility index (Phi) is 8.99. The molecule has 42 heavy (non-hydrogen) atoms. The van der Waals surface area contributed by atoms with Gasteiger partial charge in [-0.1, -0.05) is 22.8 Å². The van der Waals surface area contributed by atoms with Crippen molar-refractivity contribution in [3.05, 3.63) is 62.3 Å². The molecule has 2 aromatic heterocycles. The lowest BCUT2D eigenvalue weighted by molar-refractivity contribution is 0.0767. The monoisotopic (exact) mass is 650 g/mol. The summed E-state index contributed by atoms with van der Waals surface area (Å²) in [6.07, 6.45) is -4.18. The fourth-order valence-corrected chi connectivity index (χ4v) is 6.60. The van der Waals surface area contributed by atoms with E-state index in [4.69, 9.17) is 25.6 Å². The summed E-state index contributed by atoms with van der Waals surface area (Å²) < 4.78 is 79.5. The number of carbonyl (C=O) groups excluding carboxylic acids is 1. The molecule has 17 heteroatoms. The maximum atomic E-state index is 13.3. The number of benzene rings is 1. The summed E-state index contributed by atoms with van der Waals surface area (Å²) in [6, 6.07) is 5.30. The maximum Gasteiger partial charge on any atom is 0.391 e. The molecule has 4 heterocycles. The fraction of sp³-hybridized carbons (Fsp3) is 0.440. The third-order valence-corrected chi connectivity index (χ3v) is 8.63. The van der Waals surface area contributed by atoms with Crippen LogP contribution in [0.15, 0.2) is 34.8 Å². The highest BCUT2D eigenvalue weighted by Crippen LogP contribution is 2.41. The van der Waals surface area contributed by atoms with Crippen LogP contribution in [0.3, 0.4) is 0 Å². The highest BCUT2D eigenvalue weighted by atomic mass is 35.5. The van der Waals surface area contributed by atoms with Crippen LogP contribution in [-0.2, 0) is 19.5 Å². The first-order valence-corrected chi connectivity index (χ1v) is 15.8. The Balaban J connectivity index is 1.18. The molecule has 0 spiro atoms. The SMILES string of the molecule is C[S+](=O)(O)Oc1cccc(Cl)c1C1CC(c2csc(C3CCN(CC(=O)n4nc(C(F)F)cc4C(F)F)CC3)n2)=NO1. The van der Waals surface area contributed by atoms with Crippen LogP contribution in [-0.4, -0.2) is 61.7 Å². The van der Waals surface area contributed by atoms with Crippen molar-refractivity contribution in [1.82, 2.24) is 19.7 Å². The van der Waals surface area contributed by atoms with Gasteiger partial charge in [0, 0.05) is 17.7 Å². The molecule has 0 bridgehead atoms. The van der Waals surface area contributed by atoms with Crippen LogP contribution < -0.4 is 4.18 Å². The van der Waals surface area contributed by atoms with Gasteiger partial charge in [0.1, 0.15) is 17.1 Å². The number of aromatic nitrogens is 3. The maximum absolute atomic E-state index is 13.3. The molecule has 0 radical (unpaired) electrons. The standard InChI is InChI=1S/C25H24ClF4N5O5S2/c1-42(37,38)40-19-4-2-3-14(26)22(19)20-10-15(33-39-20)17-12-41-25(31-17)13-5-7-34(8-6-13)11-21(36)35-18(24(29)30)9-16(32-35)23(27)28/h2-4,9,12-13,20,23-24H,5-8,10-11H2,1H3/p+1. The number of halogens is 5. The van der Waals surface area contributed by atoms with Crippen molar-refractivity contribution in [2.24, 2.45) is 5.16 Å². The minimum atomic E-state index is -3.55. The Morgan fingerprint density at radius 3 is 2.67 bits per heavy atom. The number of oxime groups is 1. The van der Waals surface area contributed by atoms with Crippen molar-refractivity contribution >= 4 is 45.1 Å². The number of piperidine rings is 1. The van der Waals surface area contributed by atoms with Crippen molar-refractivity contribution in [3.8, 4) is 5.75 Å². The Bertz CT molecular complexity index is 1540. The Labute approximate surface area is 247 Å². The molecule has 226 valence electrons. The topological polar surface area (TPSA) is 119 Å². The van der Waals surface area contributed by atoms with E-state index in [0.29, 0.717) is 65.1 Å². The smallest absolute Gasteiger partial charge is 0.387 e. The molecule has 0 amide bonds. The highest BCUT2D eigenvalue weighted by molar-refractivity contribution is 7.92. The summed E-state index contributed by atoms with van der Waals surface area (Å²) in [6.45, 7) is 0.725. The van der Waals surface area contributed by atoms with Gasteiger partial charge in [0.15, 0.2) is 18.1 Å². The van der Waals surface area contributed by atoms with Crippen LogP contribution in [0.5, 0.6) is 5.75 Å². The Hall–Kier alpha value is -2.92. The molecule has 3 aromatic rings. The summed E-state index contributed by atoms with van der Waals surface area (Å²) in [4.78, 5) is 24.7. The lowest BCUT2D eigenvalue weighted by Gasteiger charge is -2.30. The molecular weight excluding hydrogens is 626 g/mol. The molecule has 5 rings (SSSR count). The molecule has 1 fully saturated rings. The number of thiazole rings is 1. The zero-order chi connectivity index (χ0) is 30.2. The second-order valence-electron chi connectivity index (χ2n) is 9.83. The Morgan fingerprint density at radius 1 is 1.26 bits per heavy atom. The van der Waals surface area contributed by atoms with Gasteiger partial charge in [-0.25, -0.2) is 22.5 Å². The normalized spacial score (nSPS) is 19.6. The minimum Gasteiger partial charge on any atom is -0.387 e. The third-order valence-electron chi connectivity index (χ3n) is 6.80. The van der Waals surface area contributed by atoms with Gasteiger partial charge in [-0.3, -0.25) is 13.9 Å². The molecule has 2 unspecified atom stereocenters. The van der Waals surface area contributed by atoms with Gasteiger partial charge in [0.05, 0.1) is 27.8 Å². The number of nitrogens with zero attached hydrogens (tertiary/aromatic N) is 5. The molecule has 0 aliphatic carbocycles. The van der Waals surface area contributed by atoms with E-state index in [-0.39, 0.29) is 18.2 Å². The van der Waals surface area contributed by atoms with E-state index in [1.54, 1.807) is 17.0 Å². The van der Waals surface area contributed by atoms with Crippen molar-refractivity contribution in [1.29, 1.82) is 0 Å². The molecule has 1 aromatic carbocycles. The number of likely N-dealkylation sites (tertiary alicyclic amines) is 1. The molecule has 0 saturated carbocycles. The first kappa shape index (κ1) is 30.5. The van der Waals surface area contributed by atoms with Gasteiger partial charge in [0.25, 0.3) is 18.8 Å². The van der Waals surface area contributed by atoms with E-state index in [0.717, 1.165) is 11.3 Å². The van der Waals surface area contributed by atoms with E-state index < -0.39 is 46.7 Å². The second-order valence-corrected chi connectivity index (χ2v) is 12.8. The molecule has 1 N–H and O–H groups in total. The minimum absolute atomic E-state index is 0.0893. The van der Waals surface area contributed by atoms with Crippen LogP contribution in [0.1, 0.15) is 76.6 Å². The fourth-order valence-electron chi connectivity index (χ4n) is 4.83. The van der Waals surface area contributed by atoms with Crippen molar-refractivity contribution in [3.63, 3.8) is 0 Å². The van der Waals surface area contributed by atoms with Crippen LogP contribution in [0, 0.1) is 0 Å². The quantitative estimate of drug-likeness (QED) is 0.216. The van der Waals surface area contributed by atoms with E-state index in [1.165, 1.54) is 17.4 Å². The predicted molar refractivity (Wildman–Crippen MR) is 147 cm³/mol. The summed E-state index contributed by atoms with van der Waals surface area (Å²) >= 11 is 7.81. The zero-order valence-corrected chi connectivity index (χ0v) is 24.4. The first-order valence-electron chi connectivity index (χ1n) is 12.7. The largest absolute Gasteiger partial charge is 0.391 e. The van der Waals surface area contributed by atoms with Crippen molar-refractivity contribution < 1.29 is 40.1 Å². The summed E-state index contributed by atoms with van der Waals surface area (Å²) in [7, 11) is -3.55. The zero-order valence-electron chi connectivity index (χ0n) is 22.0. The van der Waals surface area contributed by atoms with Gasteiger partial charge in [-0.2, -0.15) is 14.3 Å². The highest BCUT2D eigenvalue weighted by Gasteiger charge is 2.34. The number of hydrogen-bond acceptors (Lipinski definition) is 9. The number of hydrogen-bond donors (Lipinski definition) is 1. The van der Waals surface area contributed by atoms with Crippen LogP contribution in [0.25, 0.3) is 0 Å². The lowest BCUT2D eigenvalue weighted by Crippen LogP contribution is -2.39. The molecular formula is C25H25ClF4N5O5S2+. The molecule has 2 aliphatic heterocycles. The average molecular weight is 651 g/mol. The van der Waals surface area contributed by atoms with E-state index in [9.17, 15) is 31.1 Å². The molecule has 2 aliphatic rings. The lowest BCUT2D eigenvalue weighted by atomic mass is 9.97. The van der Waals surface area contributed by atoms with Crippen LogP contribution >= 0.6 is 22.9 Å². The number of rotatable bonds is 9. The van der Waals surface area contributed by atoms with Crippen LogP contribution in [0.2, 0.25) is 5.02 Å². The van der Waals surface area contributed by atoms with Gasteiger partial charge < -0.3 is 4.84 Å². The van der Waals surface area contributed by atoms with E-state index in [1.807, 2.05) is 5.38 Å².